The average molecular weight is 853 g/mol. The van der Waals surface area contributed by atoms with E-state index in [1.165, 1.54) is 140 Å². The molecule has 9 rings (SSSR count). The van der Waals surface area contributed by atoms with E-state index in [4.69, 9.17) is 0 Å². The zero-order valence-electron chi connectivity index (χ0n) is 39.8. The molecule has 0 amide bonds. The van der Waals surface area contributed by atoms with Crippen LogP contribution < -0.4 is 9.80 Å². The van der Waals surface area contributed by atoms with Crippen molar-refractivity contribution in [2.24, 2.45) is 11.8 Å². The molecule has 8 aromatic carbocycles. The maximum absolute atomic E-state index is 2.64. The van der Waals surface area contributed by atoms with Gasteiger partial charge in [-0.1, -0.05) is 199 Å². The molecule has 0 radical (unpaired) electrons. The van der Waals surface area contributed by atoms with Gasteiger partial charge in [0.15, 0.2) is 0 Å². The summed E-state index contributed by atoms with van der Waals surface area (Å²) in [5.74, 6) is 1.23. The summed E-state index contributed by atoms with van der Waals surface area (Å²) in [6.45, 7) is 14.0. The van der Waals surface area contributed by atoms with Crippen molar-refractivity contribution in [1.29, 1.82) is 0 Å². The molecule has 65 heavy (non-hydrogen) atoms. The Morgan fingerprint density at radius 2 is 0.800 bits per heavy atom. The number of anilines is 6. The molecule has 2 heteroatoms. The van der Waals surface area contributed by atoms with Crippen molar-refractivity contribution in [2.75, 3.05) is 9.80 Å². The van der Waals surface area contributed by atoms with Crippen molar-refractivity contribution in [1.82, 2.24) is 0 Å². The summed E-state index contributed by atoms with van der Waals surface area (Å²) in [4.78, 5) is 5.06. The van der Waals surface area contributed by atoms with Crippen LogP contribution in [0.3, 0.4) is 0 Å². The first-order valence-corrected chi connectivity index (χ1v) is 24.8. The van der Waals surface area contributed by atoms with Gasteiger partial charge in [-0.3, -0.25) is 0 Å². The fourth-order valence-corrected chi connectivity index (χ4v) is 11.2. The van der Waals surface area contributed by atoms with Gasteiger partial charge in [0.1, 0.15) is 0 Å². The molecule has 2 unspecified atom stereocenters. The van der Waals surface area contributed by atoms with Crippen LogP contribution in [-0.2, 0) is 5.41 Å². The first-order chi connectivity index (χ1) is 31.8. The lowest BCUT2D eigenvalue weighted by Gasteiger charge is -2.39. The summed E-state index contributed by atoms with van der Waals surface area (Å²) in [7, 11) is 0. The number of benzene rings is 8. The van der Waals surface area contributed by atoms with Crippen LogP contribution in [0.25, 0.3) is 32.7 Å². The average Bonchev–Trinajstić information content (AvgIpc) is 3.60. The minimum atomic E-state index is -0.172. The third-order valence-electron chi connectivity index (χ3n) is 14.8. The van der Waals surface area contributed by atoms with Gasteiger partial charge in [-0.05, 0) is 132 Å². The Hall–Kier alpha value is -6.12. The van der Waals surface area contributed by atoms with E-state index < -0.39 is 0 Å². The van der Waals surface area contributed by atoms with Gasteiger partial charge in [0.2, 0.25) is 0 Å². The highest BCUT2D eigenvalue weighted by Crippen LogP contribution is 2.59. The number of fused-ring (bicyclic) bond motifs is 5. The van der Waals surface area contributed by atoms with E-state index in [9.17, 15) is 0 Å². The number of nitrogens with zero attached hydrogens (tertiary/aromatic N) is 2. The monoisotopic (exact) mass is 853 g/mol. The van der Waals surface area contributed by atoms with Crippen molar-refractivity contribution >= 4 is 55.7 Å². The maximum Gasteiger partial charge on any atom is 0.0540 e. The van der Waals surface area contributed by atoms with Gasteiger partial charge in [0.05, 0.1) is 11.4 Å². The molecule has 8 aromatic rings. The van der Waals surface area contributed by atoms with E-state index in [2.05, 4.69) is 221 Å². The number of rotatable bonds is 18. The predicted octanol–water partition coefficient (Wildman–Crippen LogP) is 19.0. The van der Waals surface area contributed by atoms with E-state index in [0.29, 0.717) is 11.8 Å². The third kappa shape index (κ3) is 8.73. The topological polar surface area (TPSA) is 6.48 Å². The molecule has 0 bridgehead atoms. The van der Waals surface area contributed by atoms with Gasteiger partial charge in [0.25, 0.3) is 0 Å². The molecule has 0 saturated heterocycles. The van der Waals surface area contributed by atoms with Gasteiger partial charge in [0, 0.05) is 38.9 Å². The quantitative estimate of drug-likeness (QED) is 0.0848. The fraction of sp³-hybridized carbons (Fsp3) is 0.302. The molecule has 0 heterocycles. The normalized spacial score (nSPS) is 13.7. The van der Waals surface area contributed by atoms with Crippen LogP contribution in [0.15, 0.2) is 170 Å². The molecular weight excluding hydrogens is 785 g/mol. The smallest absolute Gasteiger partial charge is 0.0540 e. The third-order valence-corrected chi connectivity index (χ3v) is 14.8. The Bertz CT molecular complexity index is 2660. The zero-order chi connectivity index (χ0) is 44.9. The molecule has 0 saturated carbocycles. The van der Waals surface area contributed by atoms with Crippen molar-refractivity contribution in [2.45, 2.75) is 111 Å². The molecular formula is C63H68N2. The molecule has 0 spiro atoms. The number of hydrogen-bond acceptors (Lipinski definition) is 2. The molecule has 2 atom stereocenters. The standard InChI is InChI=1S/C63H68N2/c1-7-11-19-47(9-3)43-63(44-48(10-4)20-12-8-2)59-41-53(64(51-33-29-45(5)30-34-51)61-27-17-23-49-21-13-15-25-55(49)61)37-39-57(59)58-40-38-54(42-60(58)63)65(52-35-31-46(6)32-36-52)62-28-18-24-50-22-14-16-26-56(50)62/h13-18,21-42,47-48H,7-12,19-20,43-44H2,1-6H3. The van der Waals surface area contributed by atoms with E-state index >= 15 is 0 Å². The summed E-state index contributed by atoms with van der Waals surface area (Å²) in [6, 6.07) is 64.6. The number of hydrogen-bond donors (Lipinski definition) is 0. The summed E-state index contributed by atoms with van der Waals surface area (Å²) < 4.78 is 0. The van der Waals surface area contributed by atoms with Crippen LogP contribution in [0.2, 0.25) is 0 Å². The molecule has 1 aliphatic rings. The van der Waals surface area contributed by atoms with Crippen molar-refractivity contribution in [3.63, 3.8) is 0 Å². The van der Waals surface area contributed by atoms with Crippen molar-refractivity contribution in [3.05, 3.63) is 192 Å². The second kappa shape index (κ2) is 19.5. The van der Waals surface area contributed by atoms with Gasteiger partial charge in [-0.25, -0.2) is 0 Å². The largest absolute Gasteiger partial charge is 0.310 e. The minimum absolute atomic E-state index is 0.172. The summed E-state index contributed by atoms with van der Waals surface area (Å²) in [5, 5.41) is 5.03. The van der Waals surface area contributed by atoms with E-state index in [-0.39, 0.29) is 5.41 Å². The lowest BCUT2D eigenvalue weighted by molar-refractivity contribution is 0.266. The molecule has 1 aliphatic carbocycles. The first kappa shape index (κ1) is 44.1. The van der Waals surface area contributed by atoms with Crippen LogP contribution in [-0.4, -0.2) is 0 Å². The van der Waals surface area contributed by atoms with Crippen molar-refractivity contribution in [3.8, 4) is 11.1 Å². The van der Waals surface area contributed by atoms with Crippen molar-refractivity contribution < 1.29 is 0 Å². The first-order valence-electron chi connectivity index (χ1n) is 24.8. The highest BCUT2D eigenvalue weighted by Gasteiger charge is 2.46. The SMILES string of the molecule is CCCCC(CC)CC1(CC(CC)CCCC)c2cc(N(c3ccc(C)cc3)c3cccc4ccccc34)ccc2-c2ccc(N(c3ccc(C)cc3)c3cccc4ccccc34)cc21. The predicted molar refractivity (Wildman–Crippen MR) is 282 cm³/mol. The van der Waals surface area contributed by atoms with Crippen LogP contribution in [0.1, 0.15) is 114 Å². The Kier molecular flexibility index (Phi) is 13.3. The fourth-order valence-electron chi connectivity index (χ4n) is 11.2. The lowest BCUT2D eigenvalue weighted by atomic mass is 9.65. The lowest BCUT2D eigenvalue weighted by Crippen LogP contribution is -2.32. The van der Waals surface area contributed by atoms with Gasteiger partial charge in [-0.15, -0.1) is 0 Å². The Balaban J connectivity index is 1.31. The molecule has 0 aliphatic heterocycles. The van der Waals surface area contributed by atoms with E-state index in [0.717, 1.165) is 12.8 Å². The van der Waals surface area contributed by atoms with Crippen LogP contribution in [0.5, 0.6) is 0 Å². The van der Waals surface area contributed by atoms with Gasteiger partial charge in [-0.2, -0.15) is 0 Å². The summed E-state index contributed by atoms with van der Waals surface area (Å²) >= 11 is 0. The highest BCUT2D eigenvalue weighted by atomic mass is 15.1. The van der Waals surface area contributed by atoms with E-state index in [1.807, 2.05) is 0 Å². The van der Waals surface area contributed by atoms with Crippen LogP contribution >= 0.6 is 0 Å². The molecule has 0 fully saturated rings. The molecule has 0 N–H and O–H groups in total. The second-order valence-electron chi connectivity index (χ2n) is 19.1. The Morgan fingerprint density at radius 1 is 0.415 bits per heavy atom. The maximum atomic E-state index is 2.64. The minimum Gasteiger partial charge on any atom is -0.310 e. The summed E-state index contributed by atoms with van der Waals surface area (Å²) in [5.41, 5.74) is 15.4. The van der Waals surface area contributed by atoms with Gasteiger partial charge < -0.3 is 9.80 Å². The van der Waals surface area contributed by atoms with E-state index in [1.54, 1.807) is 0 Å². The number of unbranched alkanes of at least 4 members (excludes halogenated alkanes) is 2. The van der Waals surface area contributed by atoms with Crippen LogP contribution in [0.4, 0.5) is 34.1 Å². The Labute approximate surface area is 390 Å². The van der Waals surface area contributed by atoms with Crippen LogP contribution in [0, 0.1) is 25.7 Å². The molecule has 2 nitrogen and oxygen atoms in total. The summed E-state index contributed by atoms with van der Waals surface area (Å²) in [6.07, 6.45) is 12.2. The Morgan fingerprint density at radius 3 is 1.20 bits per heavy atom. The highest BCUT2D eigenvalue weighted by molar-refractivity contribution is 6.01. The number of aryl methyl sites for hydroxylation is 2. The molecule has 330 valence electrons. The second-order valence-corrected chi connectivity index (χ2v) is 19.1. The zero-order valence-corrected chi connectivity index (χ0v) is 39.8. The molecule has 0 aromatic heterocycles. The van der Waals surface area contributed by atoms with Gasteiger partial charge >= 0.3 is 0 Å².